The average molecular weight is 365 g/mol. The quantitative estimate of drug-likeness (QED) is 0.615. The second kappa shape index (κ2) is 9.16. The van der Waals surface area contributed by atoms with Gasteiger partial charge in [-0.3, -0.25) is 4.79 Å². The summed E-state index contributed by atoms with van der Waals surface area (Å²) in [6.45, 7) is 4.32. The molecule has 1 amide bonds. The molecular weight excluding hydrogens is 338 g/mol. The highest BCUT2D eigenvalue weighted by Gasteiger charge is 2.06. The highest BCUT2D eigenvalue weighted by Crippen LogP contribution is 2.21. The maximum Gasteiger partial charge on any atom is 0.229 e. The number of rotatable bonds is 7. The molecule has 142 valence electrons. The van der Waals surface area contributed by atoms with Gasteiger partial charge < -0.3 is 16.0 Å². The van der Waals surface area contributed by atoms with Crippen LogP contribution in [-0.4, -0.2) is 22.4 Å². The van der Waals surface area contributed by atoms with Gasteiger partial charge >= 0.3 is 0 Å². The number of aromatic nitrogens is 2. The summed E-state index contributed by atoms with van der Waals surface area (Å²) < 4.78 is 0. The van der Waals surface area contributed by atoms with Crippen LogP contribution in [0.5, 0.6) is 0 Å². The van der Waals surface area contributed by atoms with Crippen LogP contribution in [0, 0.1) is 6.92 Å². The van der Waals surface area contributed by atoms with E-state index < -0.39 is 0 Å². The number of carbonyl (C=O) groups excluding carboxylic acids is 1. The van der Waals surface area contributed by atoms with E-state index in [1.54, 1.807) is 5.57 Å². The van der Waals surface area contributed by atoms with Crippen LogP contribution < -0.4 is 16.0 Å². The van der Waals surface area contributed by atoms with Gasteiger partial charge in [0.15, 0.2) is 0 Å². The molecule has 1 heterocycles. The molecule has 1 aliphatic rings. The molecule has 0 spiro atoms. The zero-order valence-corrected chi connectivity index (χ0v) is 16.0. The number of nitrogens with one attached hydrogen (secondary N) is 3. The van der Waals surface area contributed by atoms with Crippen LogP contribution >= 0.6 is 0 Å². The summed E-state index contributed by atoms with van der Waals surface area (Å²) in [6.07, 6.45) is 8.51. The first-order valence-electron chi connectivity index (χ1n) is 9.50. The molecule has 6 nitrogen and oxygen atoms in total. The van der Waals surface area contributed by atoms with Crippen LogP contribution in [0.4, 0.5) is 23.1 Å². The van der Waals surface area contributed by atoms with Gasteiger partial charge in [-0.05, 0) is 57.2 Å². The van der Waals surface area contributed by atoms with E-state index in [-0.39, 0.29) is 5.91 Å². The number of amides is 1. The first kappa shape index (κ1) is 18.9. The highest BCUT2D eigenvalue weighted by molar-refractivity contribution is 5.89. The summed E-state index contributed by atoms with van der Waals surface area (Å²) in [6, 6.07) is 9.45. The molecule has 27 heavy (non-hydrogen) atoms. The Morgan fingerprint density at radius 3 is 2.78 bits per heavy atom. The molecule has 3 rings (SSSR count). The van der Waals surface area contributed by atoms with Gasteiger partial charge in [0.2, 0.25) is 11.9 Å². The molecule has 0 unspecified atom stereocenters. The van der Waals surface area contributed by atoms with Crippen molar-refractivity contribution in [1.82, 2.24) is 9.97 Å². The Morgan fingerprint density at radius 1 is 1.15 bits per heavy atom. The maximum atomic E-state index is 11.2. The highest BCUT2D eigenvalue weighted by atomic mass is 16.1. The second-order valence-electron chi connectivity index (χ2n) is 6.89. The fraction of sp³-hybridized carbons (Fsp3) is 0.381. The third kappa shape index (κ3) is 6.09. The first-order chi connectivity index (χ1) is 13.1. The predicted molar refractivity (Wildman–Crippen MR) is 110 cm³/mol. The molecule has 0 saturated heterocycles. The van der Waals surface area contributed by atoms with Crippen LogP contribution in [0.1, 0.15) is 44.7 Å². The van der Waals surface area contributed by atoms with E-state index in [2.05, 4.69) is 32.0 Å². The Bertz CT molecular complexity index is 831. The Hall–Kier alpha value is -2.89. The smallest absolute Gasteiger partial charge is 0.229 e. The SMILES string of the molecule is CC(=O)Nc1cccc(Nc2nc(C)cc(NCCC3=CCCCC3)n2)c1. The van der Waals surface area contributed by atoms with Gasteiger partial charge in [0.05, 0.1) is 0 Å². The molecule has 0 radical (unpaired) electrons. The molecule has 3 N–H and O–H groups in total. The van der Waals surface area contributed by atoms with Crippen molar-refractivity contribution in [3.8, 4) is 0 Å². The molecule has 1 aliphatic carbocycles. The number of benzene rings is 1. The zero-order chi connectivity index (χ0) is 19.1. The molecular formula is C21H27N5O. The summed E-state index contributed by atoms with van der Waals surface area (Å²) in [4.78, 5) is 20.2. The number of allylic oxidation sites excluding steroid dienone is 1. The maximum absolute atomic E-state index is 11.2. The summed E-state index contributed by atoms with van der Waals surface area (Å²) in [5.41, 5.74) is 4.00. The number of nitrogens with zero attached hydrogens (tertiary/aromatic N) is 2. The fourth-order valence-corrected chi connectivity index (χ4v) is 3.20. The largest absolute Gasteiger partial charge is 0.370 e. The zero-order valence-electron chi connectivity index (χ0n) is 16.0. The van der Waals surface area contributed by atoms with E-state index in [9.17, 15) is 4.79 Å². The molecule has 0 bridgehead atoms. The monoisotopic (exact) mass is 365 g/mol. The molecule has 0 atom stereocenters. The van der Waals surface area contributed by atoms with Crippen molar-refractivity contribution < 1.29 is 4.79 Å². The van der Waals surface area contributed by atoms with E-state index >= 15 is 0 Å². The lowest BCUT2D eigenvalue weighted by molar-refractivity contribution is -0.114. The molecule has 6 heteroatoms. The van der Waals surface area contributed by atoms with E-state index in [4.69, 9.17) is 0 Å². The van der Waals surface area contributed by atoms with E-state index in [1.807, 2.05) is 37.3 Å². The Labute approximate surface area is 160 Å². The number of hydrogen-bond acceptors (Lipinski definition) is 5. The summed E-state index contributed by atoms with van der Waals surface area (Å²) >= 11 is 0. The third-order valence-electron chi connectivity index (χ3n) is 4.43. The van der Waals surface area contributed by atoms with E-state index in [0.717, 1.165) is 35.9 Å². The minimum absolute atomic E-state index is 0.0986. The van der Waals surface area contributed by atoms with E-state index in [0.29, 0.717) is 5.95 Å². The molecule has 1 aromatic carbocycles. The van der Waals surface area contributed by atoms with Crippen LogP contribution in [0.25, 0.3) is 0 Å². The summed E-state index contributed by atoms with van der Waals surface area (Å²) in [5.74, 6) is 1.26. The van der Waals surface area contributed by atoms with Crippen LogP contribution in [0.3, 0.4) is 0 Å². The van der Waals surface area contributed by atoms with Gasteiger partial charge in [0.25, 0.3) is 0 Å². The normalized spacial score (nSPS) is 13.6. The Morgan fingerprint density at radius 2 is 2.00 bits per heavy atom. The van der Waals surface area contributed by atoms with Gasteiger partial charge in [0, 0.05) is 36.6 Å². The number of hydrogen-bond donors (Lipinski definition) is 3. The molecule has 0 saturated carbocycles. The van der Waals surface area contributed by atoms with Crippen molar-refractivity contribution >= 4 is 29.0 Å². The summed E-state index contributed by atoms with van der Waals surface area (Å²) in [7, 11) is 0. The molecule has 2 aromatic rings. The minimum atomic E-state index is -0.0986. The number of carbonyl (C=O) groups is 1. The molecule has 1 aromatic heterocycles. The van der Waals surface area contributed by atoms with Crippen molar-refractivity contribution in [1.29, 1.82) is 0 Å². The number of anilines is 4. The minimum Gasteiger partial charge on any atom is -0.370 e. The number of aryl methyl sites for hydroxylation is 1. The second-order valence-corrected chi connectivity index (χ2v) is 6.89. The molecule has 0 aliphatic heterocycles. The lowest BCUT2D eigenvalue weighted by Crippen LogP contribution is -2.08. The van der Waals surface area contributed by atoms with Gasteiger partial charge in [-0.15, -0.1) is 0 Å². The van der Waals surface area contributed by atoms with E-state index in [1.165, 1.54) is 32.6 Å². The summed E-state index contributed by atoms with van der Waals surface area (Å²) in [5, 5.41) is 9.40. The predicted octanol–water partition coefficient (Wildman–Crippen LogP) is 4.79. The first-order valence-corrected chi connectivity index (χ1v) is 9.50. The van der Waals surface area contributed by atoms with Crippen molar-refractivity contribution in [3.05, 3.63) is 47.7 Å². The van der Waals surface area contributed by atoms with Crippen molar-refractivity contribution in [2.24, 2.45) is 0 Å². The van der Waals surface area contributed by atoms with Crippen LogP contribution in [0.15, 0.2) is 42.0 Å². The fourth-order valence-electron chi connectivity index (χ4n) is 3.20. The van der Waals surface area contributed by atoms with Gasteiger partial charge in [0.1, 0.15) is 5.82 Å². The van der Waals surface area contributed by atoms with Gasteiger partial charge in [-0.25, -0.2) is 4.98 Å². The average Bonchev–Trinajstić information content (AvgIpc) is 2.62. The van der Waals surface area contributed by atoms with Gasteiger partial charge in [-0.1, -0.05) is 17.7 Å². The van der Waals surface area contributed by atoms with Crippen LogP contribution in [0.2, 0.25) is 0 Å². The standard InChI is InChI=1S/C21H27N5O/c1-15-13-20(22-12-11-17-7-4-3-5-8-17)26-21(23-15)25-19-10-6-9-18(14-19)24-16(2)27/h6-7,9-10,13-14H,3-5,8,11-12H2,1-2H3,(H,24,27)(H2,22,23,25,26). The van der Waals surface area contributed by atoms with Crippen molar-refractivity contribution in [3.63, 3.8) is 0 Å². The van der Waals surface area contributed by atoms with Crippen molar-refractivity contribution in [2.75, 3.05) is 22.5 Å². The molecule has 0 fully saturated rings. The Balaban J connectivity index is 1.62. The van der Waals surface area contributed by atoms with Crippen LogP contribution in [-0.2, 0) is 4.79 Å². The third-order valence-corrected chi connectivity index (χ3v) is 4.43. The topological polar surface area (TPSA) is 78.9 Å². The van der Waals surface area contributed by atoms with Gasteiger partial charge in [-0.2, -0.15) is 4.98 Å². The van der Waals surface area contributed by atoms with Crippen molar-refractivity contribution in [2.45, 2.75) is 46.0 Å². The Kier molecular flexibility index (Phi) is 6.41. The lowest BCUT2D eigenvalue weighted by Gasteiger charge is -2.14. The lowest BCUT2D eigenvalue weighted by atomic mass is 9.97.